The standard InChI is InChI=1S/C14H8ClFN4O3/c15-9-5-8(1-2-10(9)16)12(21)7-20-13(19-23-14(20)22)11-6-17-3-4-18-11/h1-6H,7H2. The molecule has 0 saturated carbocycles. The minimum Gasteiger partial charge on any atom is -0.295 e. The van der Waals surface area contributed by atoms with Crippen molar-refractivity contribution in [2.45, 2.75) is 6.54 Å². The van der Waals surface area contributed by atoms with Gasteiger partial charge in [0.05, 0.1) is 17.8 Å². The molecule has 0 aliphatic rings. The van der Waals surface area contributed by atoms with Crippen LogP contribution >= 0.6 is 11.6 Å². The Balaban J connectivity index is 1.94. The maximum absolute atomic E-state index is 13.2. The van der Waals surface area contributed by atoms with Crippen LogP contribution in [-0.2, 0) is 6.54 Å². The van der Waals surface area contributed by atoms with Gasteiger partial charge in [-0.05, 0) is 18.2 Å². The van der Waals surface area contributed by atoms with Gasteiger partial charge in [-0.25, -0.2) is 18.7 Å². The fourth-order valence-corrected chi connectivity index (χ4v) is 2.09. The Hall–Kier alpha value is -2.87. The summed E-state index contributed by atoms with van der Waals surface area (Å²) in [5.41, 5.74) is 0.442. The lowest BCUT2D eigenvalue weighted by atomic mass is 10.1. The molecule has 3 rings (SSSR count). The van der Waals surface area contributed by atoms with Crippen LogP contribution in [0.5, 0.6) is 0 Å². The van der Waals surface area contributed by atoms with Gasteiger partial charge in [0.1, 0.15) is 11.5 Å². The molecule has 0 fully saturated rings. The first-order chi connectivity index (χ1) is 11.1. The zero-order valence-corrected chi connectivity index (χ0v) is 12.2. The van der Waals surface area contributed by atoms with Crippen molar-refractivity contribution in [3.63, 3.8) is 0 Å². The van der Waals surface area contributed by atoms with Crippen LogP contribution in [0.4, 0.5) is 4.39 Å². The smallest absolute Gasteiger partial charge is 0.295 e. The highest BCUT2D eigenvalue weighted by atomic mass is 35.5. The molecule has 116 valence electrons. The van der Waals surface area contributed by atoms with Crippen molar-refractivity contribution in [3.05, 3.63) is 63.7 Å². The van der Waals surface area contributed by atoms with E-state index in [2.05, 4.69) is 19.6 Å². The Morgan fingerprint density at radius 3 is 2.87 bits per heavy atom. The molecule has 0 spiro atoms. The lowest BCUT2D eigenvalue weighted by Crippen LogP contribution is -2.21. The Labute approximate surface area is 133 Å². The SMILES string of the molecule is O=C(Cn1c(-c2cnccn2)noc1=O)c1ccc(F)c(Cl)c1. The van der Waals surface area contributed by atoms with E-state index in [-0.39, 0.29) is 28.6 Å². The molecular formula is C14H8ClFN4O3. The molecule has 0 amide bonds. The zero-order chi connectivity index (χ0) is 16.4. The molecule has 3 aromatic rings. The van der Waals surface area contributed by atoms with Gasteiger partial charge in [0.15, 0.2) is 5.78 Å². The van der Waals surface area contributed by atoms with Gasteiger partial charge in [0, 0.05) is 18.0 Å². The van der Waals surface area contributed by atoms with Gasteiger partial charge in [0.2, 0.25) is 5.82 Å². The third-order valence-corrected chi connectivity index (χ3v) is 3.31. The highest BCUT2D eigenvalue weighted by Crippen LogP contribution is 2.17. The molecule has 0 aliphatic heterocycles. The number of Topliss-reactive ketones (excluding diaryl/α,β-unsaturated/α-hetero) is 1. The summed E-state index contributed by atoms with van der Waals surface area (Å²) in [6.45, 7) is -0.351. The fraction of sp³-hybridized carbons (Fsp3) is 0.0714. The topological polar surface area (TPSA) is 90.9 Å². The molecule has 0 N–H and O–H groups in total. The number of nitrogens with zero attached hydrogens (tertiary/aromatic N) is 4. The number of rotatable bonds is 4. The molecule has 0 atom stereocenters. The summed E-state index contributed by atoms with van der Waals surface area (Å²) >= 11 is 5.65. The molecule has 0 aliphatic carbocycles. The van der Waals surface area contributed by atoms with Gasteiger partial charge < -0.3 is 0 Å². The van der Waals surface area contributed by atoms with Crippen molar-refractivity contribution in [3.8, 4) is 11.5 Å². The Morgan fingerprint density at radius 1 is 1.35 bits per heavy atom. The van der Waals surface area contributed by atoms with Crippen LogP contribution in [0.15, 0.2) is 46.1 Å². The lowest BCUT2D eigenvalue weighted by molar-refractivity contribution is 0.0969. The maximum Gasteiger partial charge on any atom is 0.442 e. The number of aromatic nitrogens is 4. The first-order valence-electron chi connectivity index (χ1n) is 6.37. The molecule has 2 heterocycles. The van der Waals surface area contributed by atoms with E-state index in [0.29, 0.717) is 0 Å². The predicted octanol–water partition coefficient (Wildman–Crippen LogP) is 1.97. The molecule has 1 aromatic carbocycles. The average molecular weight is 335 g/mol. The summed E-state index contributed by atoms with van der Waals surface area (Å²) in [4.78, 5) is 31.9. The zero-order valence-electron chi connectivity index (χ0n) is 11.4. The van der Waals surface area contributed by atoms with E-state index >= 15 is 0 Å². The Morgan fingerprint density at radius 2 is 2.17 bits per heavy atom. The molecule has 7 nitrogen and oxygen atoms in total. The Bertz CT molecular complexity index is 923. The van der Waals surface area contributed by atoms with E-state index in [1.165, 1.54) is 30.7 Å². The maximum atomic E-state index is 13.2. The molecule has 0 unspecified atom stereocenters. The first-order valence-corrected chi connectivity index (χ1v) is 6.75. The molecule has 2 aromatic heterocycles. The Kier molecular flexibility index (Phi) is 3.98. The molecule has 23 heavy (non-hydrogen) atoms. The van der Waals surface area contributed by atoms with Crippen LogP contribution in [0, 0.1) is 5.82 Å². The first kappa shape index (κ1) is 15.0. The van der Waals surface area contributed by atoms with Crippen molar-refractivity contribution < 1.29 is 13.7 Å². The summed E-state index contributed by atoms with van der Waals surface area (Å²) < 4.78 is 18.7. The largest absolute Gasteiger partial charge is 0.442 e. The van der Waals surface area contributed by atoms with Gasteiger partial charge in [-0.2, -0.15) is 0 Å². The van der Waals surface area contributed by atoms with E-state index < -0.39 is 17.4 Å². The van der Waals surface area contributed by atoms with Crippen molar-refractivity contribution >= 4 is 17.4 Å². The second-order valence-corrected chi connectivity index (χ2v) is 4.91. The highest BCUT2D eigenvalue weighted by Gasteiger charge is 2.18. The van der Waals surface area contributed by atoms with E-state index in [0.717, 1.165) is 10.6 Å². The van der Waals surface area contributed by atoms with E-state index in [1.54, 1.807) is 0 Å². The van der Waals surface area contributed by atoms with Crippen molar-refractivity contribution in [2.24, 2.45) is 0 Å². The van der Waals surface area contributed by atoms with E-state index in [9.17, 15) is 14.0 Å². The summed E-state index contributed by atoms with van der Waals surface area (Å²) in [5, 5.41) is 3.42. The van der Waals surface area contributed by atoms with Crippen LogP contribution in [0.1, 0.15) is 10.4 Å². The van der Waals surface area contributed by atoms with Gasteiger partial charge >= 0.3 is 5.76 Å². The summed E-state index contributed by atoms with van der Waals surface area (Å²) in [7, 11) is 0. The van der Waals surface area contributed by atoms with Crippen LogP contribution in [-0.4, -0.2) is 25.5 Å². The summed E-state index contributed by atoms with van der Waals surface area (Å²) in [5.74, 6) is -1.83. The third-order valence-electron chi connectivity index (χ3n) is 3.02. The van der Waals surface area contributed by atoms with Crippen LogP contribution in [0.25, 0.3) is 11.5 Å². The minimum absolute atomic E-state index is 0.0738. The molecule has 0 radical (unpaired) electrons. The van der Waals surface area contributed by atoms with Crippen molar-refractivity contribution in [1.82, 2.24) is 19.7 Å². The van der Waals surface area contributed by atoms with Gasteiger partial charge in [-0.1, -0.05) is 16.8 Å². The molecular weight excluding hydrogens is 327 g/mol. The lowest BCUT2D eigenvalue weighted by Gasteiger charge is -2.04. The number of carbonyl (C=O) groups is 1. The summed E-state index contributed by atoms with van der Waals surface area (Å²) in [6, 6.07) is 3.55. The number of halogens is 2. The van der Waals surface area contributed by atoms with E-state index in [4.69, 9.17) is 11.6 Å². The van der Waals surface area contributed by atoms with Gasteiger partial charge in [-0.3, -0.25) is 14.3 Å². The van der Waals surface area contributed by atoms with E-state index in [1.807, 2.05) is 0 Å². The molecule has 0 bridgehead atoms. The summed E-state index contributed by atoms with van der Waals surface area (Å²) in [6.07, 6.45) is 4.26. The minimum atomic E-state index is -0.813. The van der Waals surface area contributed by atoms with Gasteiger partial charge in [0.25, 0.3) is 0 Å². The third kappa shape index (κ3) is 3.02. The molecule has 0 saturated heterocycles. The molecule has 9 heteroatoms. The van der Waals surface area contributed by atoms with Crippen LogP contribution in [0.3, 0.4) is 0 Å². The van der Waals surface area contributed by atoms with Crippen molar-refractivity contribution in [1.29, 1.82) is 0 Å². The van der Waals surface area contributed by atoms with Gasteiger partial charge in [-0.15, -0.1) is 0 Å². The average Bonchev–Trinajstić information content (AvgIpc) is 2.92. The number of benzene rings is 1. The van der Waals surface area contributed by atoms with Crippen molar-refractivity contribution in [2.75, 3.05) is 0 Å². The quantitative estimate of drug-likeness (QED) is 0.677. The van der Waals surface area contributed by atoms with Crippen LogP contribution in [0.2, 0.25) is 5.02 Å². The predicted molar refractivity (Wildman–Crippen MR) is 77.5 cm³/mol. The number of ketones is 1. The number of hydrogen-bond acceptors (Lipinski definition) is 6. The number of carbonyl (C=O) groups excluding carboxylic acids is 1. The van der Waals surface area contributed by atoms with Crippen LogP contribution < -0.4 is 5.76 Å². The second-order valence-electron chi connectivity index (χ2n) is 4.50. The number of hydrogen-bond donors (Lipinski definition) is 0. The normalized spacial score (nSPS) is 10.7. The second kappa shape index (κ2) is 6.09. The highest BCUT2D eigenvalue weighted by molar-refractivity contribution is 6.31. The fourth-order valence-electron chi connectivity index (χ4n) is 1.91. The monoisotopic (exact) mass is 334 g/mol.